The van der Waals surface area contributed by atoms with Gasteiger partial charge in [0, 0.05) is 34.9 Å². The van der Waals surface area contributed by atoms with Crippen molar-refractivity contribution in [3.05, 3.63) is 35.5 Å². The minimum Gasteiger partial charge on any atom is -0.467 e. The molecule has 0 saturated carbocycles. The number of para-hydroxylation sites is 1. The van der Waals surface area contributed by atoms with Crippen molar-refractivity contribution in [1.29, 1.82) is 0 Å². The summed E-state index contributed by atoms with van der Waals surface area (Å²) < 4.78 is 6.64. The van der Waals surface area contributed by atoms with Crippen molar-refractivity contribution in [2.45, 2.75) is 37.1 Å². The predicted molar refractivity (Wildman–Crippen MR) is 92.6 cm³/mol. The number of methoxy groups -OCH3 is 1. The van der Waals surface area contributed by atoms with E-state index < -0.39 is 16.9 Å². The summed E-state index contributed by atoms with van der Waals surface area (Å²) >= 11 is 0. The quantitative estimate of drug-likeness (QED) is 0.513. The van der Waals surface area contributed by atoms with Crippen LogP contribution in [0, 0.1) is 0 Å². The Morgan fingerprint density at radius 2 is 1.96 bits per heavy atom. The first-order valence-electron chi connectivity index (χ1n) is 8.50. The van der Waals surface area contributed by atoms with Gasteiger partial charge in [-0.15, -0.1) is 0 Å². The summed E-state index contributed by atoms with van der Waals surface area (Å²) in [5.41, 5.74) is 2.15. The van der Waals surface area contributed by atoms with Crippen LogP contribution in [0.5, 0.6) is 0 Å². The monoisotopic (exact) mass is 356 g/mol. The molecule has 1 aliphatic carbocycles. The molecule has 0 saturated heterocycles. The van der Waals surface area contributed by atoms with Crippen molar-refractivity contribution < 1.29 is 24.0 Å². The lowest BCUT2D eigenvalue weighted by atomic mass is 9.63. The Balaban J connectivity index is 2.21. The maximum absolute atomic E-state index is 13.3. The van der Waals surface area contributed by atoms with E-state index >= 15 is 0 Å². The second kappa shape index (κ2) is 5.49. The van der Waals surface area contributed by atoms with Gasteiger partial charge in [-0.3, -0.25) is 14.2 Å². The minimum atomic E-state index is -1.79. The van der Waals surface area contributed by atoms with Gasteiger partial charge in [-0.2, -0.15) is 5.48 Å². The summed E-state index contributed by atoms with van der Waals surface area (Å²) in [6.45, 7) is 1.97. The van der Waals surface area contributed by atoms with Crippen LogP contribution in [-0.2, 0) is 30.1 Å². The molecule has 2 atom stereocenters. The number of rotatable bonds is 3. The fourth-order valence-electron chi connectivity index (χ4n) is 4.53. The third-order valence-electron chi connectivity index (χ3n) is 5.68. The van der Waals surface area contributed by atoms with Crippen molar-refractivity contribution in [1.82, 2.24) is 10.0 Å². The zero-order valence-electron chi connectivity index (χ0n) is 14.9. The molecule has 7 heteroatoms. The van der Waals surface area contributed by atoms with Crippen LogP contribution in [0.2, 0.25) is 0 Å². The summed E-state index contributed by atoms with van der Waals surface area (Å²) in [5, 5.41) is 0.673. The molecule has 7 nitrogen and oxygen atoms in total. The van der Waals surface area contributed by atoms with Gasteiger partial charge in [0.25, 0.3) is 0 Å². The van der Waals surface area contributed by atoms with E-state index in [1.165, 1.54) is 14.2 Å². The lowest BCUT2D eigenvalue weighted by molar-refractivity contribution is -0.163. The summed E-state index contributed by atoms with van der Waals surface area (Å²) in [6.07, 6.45) is 1.04. The molecule has 0 bridgehead atoms. The number of nitrogens with zero attached hydrogens (tertiary/aromatic N) is 1. The SMILES string of the molecule is CON[C@]1(C(=O)OC)C(=O)C[C@@]2(C)CCC(=O)n3c2c1c1ccccc13. The number of nitrogens with one attached hydrogen (secondary N) is 1. The second-order valence-electron chi connectivity index (χ2n) is 7.18. The van der Waals surface area contributed by atoms with Crippen molar-refractivity contribution in [3.63, 3.8) is 0 Å². The number of fused-ring (bicyclic) bond motifs is 3. The number of hydrogen-bond donors (Lipinski definition) is 1. The number of carbonyl (C=O) groups is 3. The molecule has 1 N–H and O–H groups in total. The van der Waals surface area contributed by atoms with Crippen molar-refractivity contribution in [2.24, 2.45) is 0 Å². The zero-order chi connectivity index (χ0) is 18.7. The van der Waals surface area contributed by atoms with Gasteiger partial charge in [0.15, 0.2) is 5.78 Å². The standard InChI is InChI=1S/C19H20N2O5/c1-18-9-8-14(23)21-12-7-5-4-6-11(12)15(16(18)21)19(20-26-3,13(22)10-18)17(24)25-2/h4-7,20H,8-10H2,1-3H3/t18-,19-/m1/s1. The highest BCUT2D eigenvalue weighted by Gasteiger charge is 2.60. The van der Waals surface area contributed by atoms with Crippen molar-refractivity contribution >= 4 is 28.6 Å². The molecular weight excluding hydrogens is 336 g/mol. The summed E-state index contributed by atoms with van der Waals surface area (Å²) in [6, 6.07) is 7.30. The lowest BCUT2D eigenvalue weighted by Crippen LogP contribution is -2.61. The third kappa shape index (κ3) is 1.87. The number of ether oxygens (including phenoxy) is 1. The maximum atomic E-state index is 13.3. The molecule has 0 radical (unpaired) electrons. The van der Waals surface area contributed by atoms with E-state index in [4.69, 9.17) is 9.57 Å². The van der Waals surface area contributed by atoms with Gasteiger partial charge in [0.05, 0.1) is 19.7 Å². The van der Waals surface area contributed by atoms with Gasteiger partial charge in [0.2, 0.25) is 11.4 Å². The molecule has 0 fully saturated rings. The number of benzene rings is 1. The molecule has 1 aromatic heterocycles. The highest BCUT2D eigenvalue weighted by molar-refractivity contribution is 6.15. The first kappa shape index (κ1) is 16.9. The molecule has 4 rings (SSSR count). The molecule has 2 aliphatic rings. The molecule has 26 heavy (non-hydrogen) atoms. The average Bonchev–Trinajstić information content (AvgIpc) is 2.99. The Hall–Kier alpha value is -2.51. The Kier molecular flexibility index (Phi) is 3.58. The first-order chi connectivity index (χ1) is 12.4. The van der Waals surface area contributed by atoms with Gasteiger partial charge in [-0.1, -0.05) is 25.1 Å². The molecule has 2 aromatic rings. The third-order valence-corrected chi connectivity index (χ3v) is 5.68. The minimum absolute atomic E-state index is 0.0366. The topological polar surface area (TPSA) is 86.6 Å². The predicted octanol–water partition coefficient (Wildman–Crippen LogP) is 1.83. The Labute approximate surface area is 150 Å². The number of ketones is 1. The highest BCUT2D eigenvalue weighted by Crippen LogP contribution is 2.51. The summed E-state index contributed by atoms with van der Waals surface area (Å²) in [7, 11) is 2.58. The fourth-order valence-corrected chi connectivity index (χ4v) is 4.53. The molecular formula is C19H20N2O5. The largest absolute Gasteiger partial charge is 0.467 e. The number of hydrogen-bond acceptors (Lipinski definition) is 6. The summed E-state index contributed by atoms with van der Waals surface area (Å²) in [5.74, 6) is -1.10. The number of carbonyl (C=O) groups excluding carboxylic acids is 3. The zero-order valence-corrected chi connectivity index (χ0v) is 14.9. The van der Waals surface area contributed by atoms with Crippen molar-refractivity contribution in [2.75, 3.05) is 14.2 Å². The van der Waals surface area contributed by atoms with Crippen LogP contribution < -0.4 is 5.48 Å². The number of esters is 1. The van der Waals surface area contributed by atoms with Gasteiger partial charge < -0.3 is 9.57 Å². The molecule has 0 spiro atoms. The maximum Gasteiger partial charge on any atom is 0.340 e. The van der Waals surface area contributed by atoms with Gasteiger partial charge in [0.1, 0.15) is 0 Å². The van der Waals surface area contributed by atoms with Crippen LogP contribution in [0.1, 0.15) is 42.2 Å². The van der Waals surface area contributed by atoms with Crippen LogP contribution in [-0.4, -0.2) is 36.4 Å². The molecule has 1 aromatic carbocycles. The highest BCUT2D eigenvalue weighted by atomic mass is 16.6. The number of Topliss-reactive ketones (excluding diaryl/α,β-unsaturated/α-hetero) is 1. The number of hydroxylamine groups is 1. The van der Waals surface area contributed by atoms with E-state index in [0.29, 0.717) is 35.0 Å². The molecule has 1 aliphatic heterocycles. The molecule has 0 amide bonds. The van der Waals surface area contributed by atoms with Gasteiger partial charge in [-0.05, 0) is 12.5 Å². The van der Waals surface area contributed by atoms with E-state index in [2.05, 4.69) is 5.48 Å². The molecule has 136 valence electrons. The van der Waals surface area contributed by atoms with Crippen LogP contribution in [0.25, 0.3) is 10.9 Å². The Morgan fingerprint density at radius 1 is 1.23 bits per heavy atom. The average molecular weight is 356 g/mol. The van der Waals surface area contributed by atoms with Crippen LogP contribution in [0.4, 0.5) is 0 Å². The Bertz CT molecular complexity index is 962. The van der Waals surface area contributed by atoms with Crippen LogP contribution in [0.3, 0.4) is 0 Å². The second-order valence-corrected chi connectivity index (χ2v) is 7.18. The van der Waals surface area contributed by atoms with E-state index in [1.54, 1.807) is 4.57 Å². The molecule has 2 heterocycles. The van der Waals surface area contributed by atoms with E-state index in [1.807, 2.05) is 31.2 Å². The first-order valence-corrected chi connectivity index (χ1v) is 8.50. The van der Waals surface area contributed by atoms with Gasteiger partial charge in [-0.25, -0.2) is 4.79 Å². The summed E-state index contributed by atoms with van der Waals surface area (Å²) in [4.78, 5) is 43.9. The molecule has 0 unspecified atom stereocenters. The van der Waals surface area contributed by atoms with E-state index in [-0.39, 0.29) is 18.1 Å². The number of aromatic nitrogens is 1. The normalized spacial score (nSPS) is 27.5. The van der Waals surface area contributed by atoms with Crippen molar-refractivity contribution in [3.8, 4) is 0 Å². The van der Waals surface area contributed by atoms with Crippen LogP contribution >= 0.6 is 0 Å². The smallest absolute Gasteiger partial charge is 0.340 e. The Morgan fingerprint density at radius 3 is 2.65 bits per heavy atom. The lowest BCUT2D eigenvalue weighted by Gasteiger charge is -2.44. The van der Waals surface area contributed by atoms with E-state index in [0.717, 1.165) is 0 Å². The van der Waals surface area contributed by atoms with Crippen LogP contribution in [0.15, 0.2) is 24.3 Å². The fraction of sp³-hybridized carbons (Fsp3) is 0.421. The van der Waals surface area contributed by atoms with Gasteiger partial charge >= 0.3 is 5.97 Å². The van der Waals surface area contributed by atoms with E-state index in [9.17, 15) is 14.4 Å².